The third kappa shape index (κ3) is 3.64. The fourth-order valence-corrected chi connectivity index (χ4v) is 3.37. The maximum Gasteiger partial charge on any atom is 0.129 e. The van der Waals surface area contributed by atoms with Crippen LogP contribution in [-0.2, 0) is 11.3 Å². The van der Waals surface area contributed by atoms with Crippen LogP contribution >= 0.6 is 0 Å². The molecule has 118 valence electrons. The number of hydrogen-bond acceptors (Lipinski definition) is 4. The van der Waals surface area contributed by atoms with Gasteiger partial charge in [-0.05, 0) is 38.1 Å². The molecule has 2 heterocycles. The van der Waals surface area contributed by atoms with E-state index < -0.39 is 0 Å². The standard InChI is InChI=1S/C17H22FN3O/c18-17-11-14(12-19)1-2-15(17)13-20-5-3-16(4-6-20)21-7-9-22-10-8-21/h1-2,11,16H,3-10,13H2. The zero-order chi connectivity index (χ0) is 15.4. The van der Waals surface area contributed by atoms with Crippen LogP contribution in [0.5, 0.6) is 0 Å². The Morgan fingerprint density at radius 3 is 2.55 bits per heavy atom. The van der Waals surface area contributed by atoms with E-state index >= 15 is 0 Å². The average molecular weight is 303 g/mol. The molecule has 5 heteroatoms. The van der Waals surface area contributed by atoms with Crippen LogP contribution in [0, 0.1) is 17.1 Å². The van der Waals surface area contributed by atoms with Gasteiger partial charge in [0.1, 0.15) is 5.82 Å². The first-order valence-electron chi connectivity index (χ1n) is 7.99. The van der Waals surface area contributed by atoms with Crippen LogP contribution in [0.25, 0.3) is 0 Å². The highest BCUT2D eigenvalue weighted by Crippen LogP contribution is 2.20. The summed E-state index contributed by atoms with van der Waals surface area (Å²) in [6.45, 7) is 6.40. The molecule has 0 aromatic heterocycles. The van der Waals surface area contributed by atoms with Gasteiger partial charge in [-0.2, -0.15) is 5.26 Å². The number of piperidine rings is 1. The highest BCUT2D eigenvalue weighted by atomic mass is 19.1. The van der Waals surface area contributed by atoms with E-state index in [0.717, 1.165) is 52.2 Å². The maximum absolute atomic E-state index is 14.0. The normalized spacial score (nSPS) is 21.6. The maximum atomic E-state index is 14.0. The lowest BCUT2D eigenvalue weighted by atomic mass is 10.0. The number of benzene rings is 1. The van der Waals surface area contributed by atoms with Crippen molar-refractivity contribution in [2.24, 2.45) is 0 Å². The highest BCUT2D eigenvalue weighted by molar-refractivity contribution is 5.32. The van der Waals surface area contributed by atoms with Crippen molar-refractivity contribution in [1.82, 2.24) is 9.80 Å². The molecule has 0 spiro atoms. The van der Waals surface area contributed by atoms with Crippen LogP contribution in [0.2, 0.25) is 0 Å². The van der Waals surface area contributed by atoms with Crippen molar-refractivity contribution in [3.05, 3.63) is 35.1 Å². The predicted molar refractivity (Wildman–Crippen MR) is 81.8 cm³/mol. The summed E-state index contributed by atoms with van der Waals surface area (Å²) >= 11 is 0. The fraction of sp³-hybridized carbons (Fsp3) is 0.588. The molecule has 4 nitrogen and oxygen atoms in total. The van der Waals surface area contributed by atoms with Gasteiger partial charge in [0.05, 0.1) is 24.8 Å². The van der Waals surface area contributed by atoms with Gasteiger partial charge in [0.2, 0.25) is 0 Å². The second-order valence-electron chi connectivity index (χ2n) is 6.07. The van der Waals surface area contributed by atoms with Crippen LogP contribution in [0.4, 0.5) is 4.39 Å². The summed E-state index contributed by atoms with van der Waals surface area (Å²) in [6.07, 6.45) is 2.27. The summed E-state index contributed by atoms with van der Waals surface area (Å²) < 4.78 is 19.4. The molecule has 0 radical (unpaired) electrons. The van der Waals surface area contributed by atoms with Gasteiger partial charge >= 0.3 is 0 Å². The number of hydrogen-bond donors (Lipinski definition) is 0. The molecule has 1 aromatic carbocycles. The second-order valence-corrected chi connectivity index (χ2v) is 6.07. The smallest absolute Gasteiger partial charge is 0.129 e. The summed E-state index contributed by atoms with van der Waals surface area (Å²) in [6, 6.07) is 7.38. The topological polar surface area (TPSA) is 39.5 Å². The summed E-state index contributed by atoms with van der Waals surface area (Å²) in [5.74, 6) is -0.269. The molecule has 0 amide bonds. The number of likely N-dealkylation sites (tertiary alicyclic amines) is 1. The first kappa shape index (κ1) is 15.4. The Morgan fingerprint density at radius 1 is 1.18 bits per heavy atom. The van der Waals surface area contributed by atoms with Gasteiger partial charge in [-0.25, -0.2) is 4.39 Å². The Bertz CT molecular complexity index is 543. The van der Waals surface area contributed by atoms with Crippen molar-refractivity contribution < 1.29 is 9.13 Å². The molecule has 1 aromatic rings. The van der Waals surface area contributed by atoms with E-state index in [2.05, 4.69) is 9.80 Å². The molecule has 0 saturated carbocycles. The molecule has 0 N–H and O–H groups in total. The molecule has 2 aliphatic heterocycles. The zero-order valence-electron chi connectivity index (χ0n) is 12.8. The second kappa shape index (κ2) is 7.19. The third-order valence-electron chi connectivity index (χ3n) is 4.70. The minimum atomic E-state index is -0.269. The lowest BCUT2D eigenvalue weighted by Crippen LogP contribution is -2.48. The number of halogens is 1. The summed E-state index contributed by atoms with van der Waals surface area (Å²) in [7, 11) is 0. The van der Waals surface area contributed by atoms with Crippen molar-refractivity contribution in [2.75, 3.05) is 39.4 Å². The molecule has 2 fully saturated rings. The number of nitriles is 1. The number of morpholine rings is 1. The highest BCUT2D eigenvalue weighted by Gasteiger charge is 2.26. The molecule has 2 saturated heterocycles. The average Bonchev–Trinajstić information content (AvgIpc) is 2.58. The molecule has 0 bridgehead atoms. The van der Waals surface area contributed by atoms with E-state index in [1.165, 1.54) is 6.07 Å². The summed E-state index contributed by atoms with van der Waals surface area (Å²) in [5.41, 5.74) is 1.07. The summed E-state index contributed by atoms with van der Waals surface area (Å²) in [4.78, 5) is 4.84. The fourth-order valence-electron chi connectivity index (χ4n) is 3.37. The van der Waals surface area contributed by atoms with Crippen LogP contribution in [0.15, 0.2) is 18.2 Å². The third-order valence-corrected chi connectivity index (χ3v) is 4.70. The molecular formula is C17H22FN3O. The minimum absolute atomic E-state index is 0.269. The number of rotatable bonds is 3. The van der Waals surface area contributed by atoms with Gasteiger partial charge in [-0.15, -0.1) is 0 Å². The van der Waals surface area contributed by atoms with Gasteiger partial charge in [-0.1, -0.05) is 6.07 Å². The Hall–Kier alpha value is -1.48. The van der Waals surface area contributed by atoms with Gasteiger partial charge in [0.25, 0.3) is 0 Å². The van der Waals surface area contributed by atoms with E-state index in [9.17, 15) is 4.39 Å². The predicted octanol–water partition coefficient (Wildman–Crippen LogP) is 1.99. The molecular weight excluding hydrogens is 281 g/mol. The van der Waals surface area contributed by atoms with E-state index in [-0.39, 0.29) is 5.82 Å². The van der Waals surface area contributed by atoms with Crippen LogP contribution < -0.4 is 0 Å². The van der Waals surface area contributed by atoms with Gasteiger partial charge < -0.3 is 4.74 Å². The first-order chi connectivity index (χ1) is 10.8. The molecule has 22 heavy (non-hydrogen) atoms. The molecule has 3 rings (SSSR count). The molecule has 0 unspecified atom stereocenters. The Morgan fingerprint density at radius 2 is 1.91 bits per heavy atom. The first-order valence-corrected chi connectivity index (χ1v) is 7.99. The SMILES string of the molecule is N#Cc1ccc(CN2CCC(N3CCOCC3)CC2)c(F)c1. The largest absolute Gasteiger partial charge is 0.379 e. The van der Waals surface area contributed by atoms with Crippen molar-refractivity contribution >= 4 is 0 Å². The lowest BCUT2D eigenvalue weighted by molar-refractivity contribution is 0.000154. The van der Waals surface area contributed by atoms with Crippen molar-refractivity contribution in [3.8, 4) is 6.07 Å². The van der Waals surface area contributed by atoms with Crippen molar-refractivity contribution in [1.29, 1.82) is 5.26 Å². The van der Waals surface area contributed by atoms with Crippen LogP contribution in [-0.4, -0.2) is 55.2 Å². The number of ether oxygens (including phenoxy) is 1. The van der Waals surface area contributed by atoms with Crippen molar-refractivity contribution in [2.45, 2.75) is 25.4 Å². The van der Waals surface area contributed by atoms with Gasteiger partial charge in [0.15, 0.2) is 0 Å². The summed E-state index contributed by atoms with van der Waals surface area (Å²) in [5, 5.41) is 8.79. The quantitative estimate of drug-likeness (QED) is 0.856. The Labute approximate surface area is 131 Å². The Kier molecular flexibility index (Phi) is 5.04. The monoisotopic (exact) mass is 303 g/mol. The Balaban J connectivity index is 1.52. The van der Waals surface area contributed by atoms with E-state index in [1.54, 1.807) is 12.1 Å². The van der Waals surface area contributed by atoms with Gasteiger partial charge in [-0.3, -0.25) is 9.80 Å². The minimum Gasteiger partial charge on any atom is -0.379 e. The lowest BCUT2D eigenvalue weighted by Gasteiger charge is -2.40. The van der Waals surface area contributed by atoms with E-state index in [0.29, 0.717) is 23.7 Å². The van der Waals surface area contributed by atoms with Crippen molar-refractivity contribution in [3.63, 3.8) is 0 Å². The van der Waals surface area contributed by atoms with Crippen LogP contribution in [0.1, 0.15) is 24.0 Å². The zero-order valence-corrected chi connectivity index (χ0v) is 12.8. The van der Waals surface area contributed by atoms with E-state index in [4.69, 9.17) is 10.00 Å². The van der Waals surface area contributed by atoms with Gasteiger partial charge in [0, 0.05) is 31.2 Å². The van der Waals surface area contributed by atoms with Crippen LogP contribution in [0.3, 0.4) is 0 Å². The molecule has 0 atom stereocenters. The molecule has 0 aliphatic carbocycles. The number of nitrogens with zero attached hydrogens (tertiary/aromatic N) is 3. The van der Waals surface area contributed by atoms with E-state index in [1.807, 2.05) is 6.07 Å². The molecule has 2 aliphatic rings.